The van der Waals surface area contributed by atoms with E-state index in [0.717, 1.165) is 11.8 Å². The number of hydrogen-bond acceptors (Lipinski definition) is 1. The number of allylic oxidation sites excluding steroid dienone is 1. The van der Waals surface area contributed by atoms with Gasteiger partial charge in [0.2, 0.25) is 0 Å². The van der Waals surface area contributed by atoms with Gasteiger partial charge in [0.1, 0.15) is 0 Å². The Hall–Kier alpha value is -0.300. The number of hydrogen-bond donors (Lipinski definition) is 1. The van der Waals surface area contributed by atoms with Crippen molar-refractivity contribution in [2.45, 2.75) is 85.6 Å². The lowest BCUT2D eigenvalue weighted by atomic mass is 9.81. The zero-order chi connectivity index (χ0) is 15.1. The molecule has 1 aliphatic carbocycles. The predicted molar refractivity (Wildman–Crippen MR) is 90.7 cm³/mol. The molecule has 0 aromatic rings. The van der Waals surface area contributed by atoms with Crippen LogP contribution in [0.3, 0.4) is 0 Å². The normalized spacial score (nSPS) is 23.3. The van der Waals surface area contributed by atoms with Gasteiger partial charge < -0.3 is 5.32 Å². The average molecular weight is 270 g/mol. The van der Waals surface area contributed by atoms with Gasteiger partial charge in [0.15, 0.2) is 0 Å². The first-order chi connectivity index (χ1) is 9.13. The minimum atomic E-state index is 0.699. The van der Waals surface area contributed by atoms with Gasteiger partial charge in [-0.2, -0.15) is 0 Å². The SMILES string of the molecule is C=CCC1CCC(C)CC1.CC.CCCC(C)NC. The molecule has 1 fully saturated rings. The van der Waals surface area contributed by atoms with Crippen LogP contribution in [0.1, 0.15) is 79.6 Å². The molecule has 0 aromatic heterocycles. The minimum absolute atomic E-state index is 0.699. The molecule has 0 aliphatic heterocycles. The summed E-state index contributed by atoms with van der Waals surface area (Å²) in [6, 6.07) is 0.699. The van der Waals surface area contributed by atoms with Gasteiger partial charge >= 0.3 is 0 Å². The van der Waals surface area contributed by atoms with E-state index in [2.05, 4.69) is 38.7 Å². The molecule has 1 rings (SSSR count). The van der Waals surface area contributed by atoms with E-state index in [9.17, 15) is 0 Å². The second-order valence-corrected chi connectivity index (χ2v) is 5.63. The van der Waals surface area contributed by atoms with E-state index in [1.54, 1.807) is 0 Å². The Morgan fingerprint density at radius 2 is 1.74 bits per heavy atom. The van der Waals surface area contributed by atoms with Gasteiger partial charge in [0.05, 0.1) is 0 Å². The van der Waals surface area contributed by atoms with E-state index < -0.39 is 0 Å². The van der Waals surface area contributed by atoms with Gasteiger partial charge in [-0.3, -0.25) is 0 Å². The molecule has 0 bridgehead atoms. The highest BCUT2D eigenvalue weighted by Gasteiger charge is 2.16. The summed E-state index contributed by atoms with van der Waals surface area (Å²) in [5.41, 5.74) is 0. The topological polar surface area (TPSA) is 12.0 Å². The fourth-order valence-corrected chi connectivity index (χ4v) is 2.38. The van der Waals surface area contributed by atoms with Gasteiger partial charge in [0.25, 0.3) is 0 Å². The fourth-order valence-electron chi connectivity index (χ4n) is 2.38. The van der Waals surface area contributed by atoms with Crippen LogP contribution in [0, 0.1) is 11.8 Å². The largest absolute Gasteiger partial charge is 0.317 e. The molecule has 0 heterocycles. The summed E-state index contributed by atoms with van der Waals surface area (Å²) in [5.74, 6) is 1.95. The molecule has 1 unspecified atom stereocenters. The second kappa shape index (κ2) is 15.8. The highest BCUT2D eigenvalue weighted by atomic mass is 14.8. The summed E-state index contributed by atoms with van der Waals surface area (Å²) >= 11 is 0. The molecule has 1 saturated carbocycles. The molecule has 0 amide bonds. The van der Waals surface area contributed by atoms with Crippen LogP contribution in [0.2, 0.25) is 0 Å². The second-order valence-electron chi connectivity index (χ2n) is 5.63. The maximum atomic E-state index is 3.77. The highest BCUT2D eigenvalue weighted by Crippen LogP contribution is 2.30. The summed E-state index contributed by atoms with van der Waals surface area (Å²) < 4.78 is 0. The maximum Gasteiger partial charge on any atom is 0.00356 e. The standard InChI is InChI=1S/C10H18.C6H15N.C2H6/c1-3-4-10-7-5-9(2)6-8-10;1-4-5-6(2)7-3;1-2/h3,9-10H,1,4-8H2,2H3;6-7H,4-5H2,1-3H3;1-2H3. The maximum absolute atomic E-state index is 3.77. The zero-order valence-electron chi connectivity index (χ0n) is 14.5. The molecule has 1 atom stereocenters. The minimum Gasteiger partial charge on any atom is -0.317 e. The van der Waals surface area contributed by atoms with Crippen LogP contribution >= 0.6 is 0 Å². The quantitative estimate of drug-likeness (QED) is 0.621. The van der Waals surface area contributed by atoms with Crippen LogP contribution in [-0.4, -0.2) is 13.1 Å². The fraction of sp³-hybridized carbons (Fsp3) is 0.889. The van der Waals surface area contributed by atoms with Crippen LogP contribution < -0.4 is 5.32 Å². The summed E-state index contributed by atoms with van der Waals surface area (Å²) in [6.45, 7) is 14.5. The summed E-state index contributed by atoms with van der Waals surface area (Å²) in [5, 5.41) is 3.17. The van der Waals surface area contributed by atoms with Gasteiger partial charge in [-0.1, -0.05) is 53.0 Å². The molecule has 0 saturated heterocycles. The van der Waals surface area contributed by atoms with E-state index in [1.165, 1.54) is 44.9 Å². The molecular formula is C18H39N. The Balaban J connectivity index is 0. The lowest BCUT2D eigenvalue weighted by Crippen LogP contribution is -2.20. The van der Waals surface area contributed by atoms with Crippen LogP contribution in [0.4, 0.5) is 0 Å². The van der Waals surface area contributed by atoms with Crippen LogP contribution in [-0.2, 0) is 0 Å². The monoisotopic (exact) mass is 269 g/mol. The van der Waals surface area contributed by atoms with Crippen molar-refractivity contribution in [1.29, 1.82) is 0 Å². The Morgan fingerprint density at radius 3 is 2.05 bits per heavy atom. The molecule has 0 spiro atoms. The molecule has 1 heteroatoms. The Bertz CT molecular complexity index is 169. The van der Waals surface area contributed by atoms with Crippen molar-refractivity contribution in [3.8, 4) is 0 Å². The molecule has 1 nitrogen and oxygen atoms in total. The van der Waals surface area contributed by atoms with Crippen molar-refractivity contribution in [3.63, 3.8) is 0 Å². The molecule has 1 N–H and O–H groups in total. The third kappa shape index (κ3) is 13.9. The third-order valence-corrected chi connectivity index (χ3v) is 3.85. The first kappa shape index (κ1) is 21.0. The Labute approximate surface area is 123 Å². The Morgan fingerprint density at radius 1 is 1.21 bits per heavy atom. The van der Waals surface area contributed by atoms with Gasteiger partial charge in [-0.15, -0.1) is 6.58 Å². The Kier molecular flexibility index (Phi) is 17.4. The van der Waals surface area contributed by atoms with Crippen LogP contribution in [0.25, 0.3) is 0 Å². The van der Waals surface area contributed by atoms with Crippen molar-refractivity contribution in [2.75, 3.05) is 7.05 Å². The van der Waals surface area contributed by atoms with E-state index in [4.69, 9.17) is 0 Å². The third-order valence-electron chi connectivity index (χ3n) is 3.85. The lowest BCUT2D eigenvalue weighted by Gasteiger charge is -2.24. The predicted octanol–water partition coefficient (Wildman–Crippen LogP) is 5.81. The van der Waals surface area contributed by atoms with Crippen LogP contribution in [0.15, 0.2) is 12.7 Å². The van der Waals surface area contributed by atoms with E-state index in [0.29, 0.717) is 6.04 Å². The molecule has 1 aliphatic rings. The molecule has 0 aromatic carbocycles. The van der Waals surface area contributed by atoms with E-state index in [1.807, 2.05) is 20.9 Å². The van der Waals surface area contributed by atoms with Crippen molar-refractivity contribution >= 4 is 0 Å². The van der Waals surface area contributed by atoms with Gasteiger partial charge in [-0.05, 0) is 51.5 Å². The zero-order valence-corrected chi connectivity index (χ0v) is 14.5. The number of nitrogens with one attached hydrogen (secondary N) is 1. The summed E-state index contributed by atoms with van der Waals surface area (Å²) in [6.07, 6.45) is 11.6. The highest BCUT2D eigenvalue weighted by molar-refractivity contribution is 4.77. The van der Waals surface area contributed by atoms with Crippen molar-refractivity contribution in [1.82, 2.24) is 5.32 Å². The van der Waals surface area contributed by atoms with Crippen molar-refractivity contribution < 1.29 is 0 Å². The smallest absolute Gasteiger partial charge is 0.00356 e. The molecule has 116 valence electrons. The van der Waals surface area contributed by atoms with Gasteiger partial charge in [-0.25, -0.2) is 0 Å². The summed E-state index contributed by atoms with van der Waals surface area (Å²) in [4.78, 5) is 0. The number of rotatable bonds is 5. The average Bonchev–Trinajstić information content (AvgIpc) is 2.45. The first-order valence-corrected chi connectivity index (χ1v) is 8.42. The van der Waals surface area contributed by atoms with Gasteiger partial charge in [0, 0.05) is 6.04 Å². The van der Waals surface area contributed by atoms with E-state index >= 15 is 0 Å². The van der Waals surface area contributed by atoms with Crippen molar-refractivity contribution in [2.24, 2.45) is 11.8 Å². The molecular weight excluding hydrogens is 230 g/mol. The first-order valence-electron chi connectivity index (χ1n) is 8.42. The van der Waals surface area contributed by atoms with E-state index in [-0.39, 0.29) is 0 Å². The van der Waals surface area contributed by atoms with Crippen molar-refractivity contribution in [3.05, 3.63) is 12.7 Å². The van der Waals surface area contributed by atoms with Crippen LogP contribution in [0.5, 0.6) is 0 Å². The molecule has 19 heavy (non-hydrogen) atoms. The summed E-state index contributed by atoms with van der Waals surface area (Å²) in [7, 11) is 2.00. The lowest BCUT2D eigenvalue weighted by molar-refractivity contribution is 0.292. The molecule has 0 radical (unpaired) electrons.